The molecule has 0 bridgehead atoms. The van der Waals surface area contributed by atoms with Crippen molar-refractivity contribution in [3.8, 4) is 0 Å². The van der Waals surface area contributed by atoms with Crippen LogP contribution in [-0.2, 0) is 25.7 Å². The number of nitrogens with zero attached hydrogens (tertiary/aromatic N) is 2. The molecule has 0 radical (unpaired) electrons. The molecular formula is C11H13N3O6. The molecule has 9 heteroatoms. The van der Waals surface area contributed by atoms with Crippen molar-refractivity contribution in [1.29, 1.82) is 0 Å². The molecule has 0 aliphatic carbocycles. The summed E-state index contributed by atoms with van der Waals surface area (Å²) in [5, 5.41) is 11.0. The van der Waals surface area contributed by atoms with Gasteiger partial charge in [-0.05, 0) is 6.07 Å². The Morgan fingerprint density at radius 1 is 1.50 bits per heavy atom. The molecule has 0 aromatic carbocycles. The Hall–Kier alpha value is -2.71. The van der Waals surface area contributed by atoms with Crippen molar-refractivity contribution in [3.63, 3.8) is 0 Å². The van der Waals surface area contributed by atoms with Crippen molar-refractivity contribution in [2.24, 2.45) is 0 Å². The van der Waals surface area contributed by atoms with Crippen molar-refractivity contribution in [2.75, 3.05) is 7.11 Å². The summed E-state index contributed by atoms with van der Waals surface area (Å²) < 4.78 is 5.34. The molecule has 1 aromatic rings. The molecule has 1 amide bonds. The van der Waals surface area contributed by atoms with E-state index in [1.54, 1.807) is 0 Å². The van der Waals surface area contributed by atoms with Crippen LogP contribution in [0.15, 0.2) is 23.3 Å². The lowest BCUT2D eigenvalue weighted by molar-refractivity contribution is -0.148. The molecule has 20 heavy (non-hydrogen) atoms. The number of aromatic nitrogens is 2. The quantitative estimate of drug-likeness (QED) is 0.600. The third-order valence-electron chi connectivity index (χ3n) is 2.33. The van der Waals surface area contributed by atoms with Crippen LogP contribution in [0.4, 0.5) is 0 Å². The van der Waals surface area contributed by atoms with Gasteiger partial charge in [-0.3, -0.25) is 14.2 Å². The van der Waals surface area contributed by atoms with Crippen LogP contribution in [0, 0.1) is 0 Å². The third-order valence-corrected chi connectivity index (χ3v) is 2.33. The van der Waals surface area contributed by atoms with Gasteiger partial charge in [0.25, 0.3) is 0 Å². The van der Waals surface area contributed by atoms with Gasteiger partial charge in [0.1, 0.15) is 12.6 Å². The number of carboxylic acids is 1. The molecule has 108 valence electrons. The molecule has 1 rings (SSSR count). The molecule has 9 nitrogen and oxygen atoms in total. The van der Waals surface area contributed by atoms with E-state index in [4.69, 9.17) is 5.11 Å². The Morgan fingerprint density at radius 2 is 2.20 bits per heavy atom. The van der Waals surface area contributed by atoms with Gasteiger partial charge in [-0.2, -0.15) is 0 Å². The summed E-state index contributed by atoms with van der Waals surface area (Å²) in [4.78, 5) is 48.3. The average Bonchev–Trinajstić information content (AvgIpc) is 2.40. The fraction of sp³-hybridized carbons (Fsp3) is 0.364. The van der Waals surface area contributed by atoms with Crippen molar-refractivity contribution in [1.82, 2.24) is 14.9 Å². The zero-order valence-corrected chi connectivity index (χ0v) is 10.6. The van der Waals surface area contributed by atoms with E-state index >= 15 is 0 Å². The average molecular weight is 283 g/mol. The normalized spacial score (nSPS) is 11.4. The Labute approximate surface area is 113 Å². The van der Waals surface area contributed by atoms with E-state index in [9.17, 15) is 19.2 Å². The minimum atomic E-state index is -1.41. The summed E-state index contributed by atoms with van der Waals surface area (Å²) in [5.41, 5.74) is -0.637. The first-order valence-corrected chi connectivity index (χ1v) is 5.54. The van der Waals surface area contributed by atoms with E-state index in [0.29, 0.717) is 0 Å². The Kier molecular flexibility index (Phi) is 5.39. The molecule has 0 fully saturated rings. The molecule has 0 saturated heterocycles. The number of aliphatic carboxylic acids is 1. The molecule has 0 saturated carbocycles. The van der Waals surface area contributed by atoms with Crippen LogP contribution < -0.4 is 11.0 Å². The van der Waals surface area contributed by atoms with Gasteiger partial charge in [0.15, 0.2) is 0 Å². The molecule has 2 N–H and O–H groups in total. The summed E-state index contributed by atoms with van der Waals surface area (Å²) >= 11 is 0. The largest absolute Gasteiger partial charge is 0.480 e. The zero-order chi connectivity index (χ0) is 15.1. The van der Waals surface area contributed by atoms with E-state index in [0.717, 1.165) is 11.7 Å². The minimum absolute atomic E-state index is 0.391. The van der Waals surface area contributed by atoms with Gasteiger partial charge in [-0.25, -0.2) is 14.6 Å². The highest BCUT2D eigenvalue weighted by Crippen LogP contribution is 1.95. The summed E-state index contributed by atoms with van der Waals surface area (Å²) in [5.74, 6) is -2.87. The van der Waals surface area contributed by atoms with Gasteiger partial charge in [-0.15, -0.1) is 0 Å². The Balaban J connectivity index is 2.67. The van der Waals surface area contributed by atoms with Crippen LogP contribution in [0.1, 0.15) is 6.42 Å². The van der Waals surface area contributed by atoms with Gasteiger partial charge in [-0.1, -0.05) is 0 Å². The number of amides is 1. The predicted octanol–water partition coefficient (Wildman–Crippen LogP) is -1.62. The zero-order valence-electron chi connectivity index (χ0n) is 10.6. The highest BCUT2D eigenvalue weighted by molar-refractivity contribution is 5.87. The maximum absolute atomic E-state index is 11.6. The summed E-state index contributed by atoms with van der Waals surface area (Å²) in [6.07, 6.45) is 2.11. The second kappa shape index (κ2) is 7.02. The number of rotatable bonds is 6. The maximum Gasteiger partial charge on any atom is 0.347 e. The molecular weight excluding hydrogens is 270 g/mol. The van der Waals surface area contributed by atoms with Gasteiger partial charge in [0.2, 0.25) is 5.91 Å². The predicted molar refractivity (Wildman–Crippen MR) is 64.7 cm³/mol. The lowest BCUT2D eigenvalue weighted by Crippen LogP contribution is -2.44. The van der Waals surface area contributed by atoms with Crippen molar-refractivity contribution < 1.29 is 24.2 Å². The minimum Gasteiger partial charge on any atom is -0.480 e. The number of nitrogens with one attached hydrogen (secondary N) is 1. The SMILES string of the molecule is COC(=O)C[C@H](NC(=O)Cn1cccnc1=O)C(=O)O. The van der Waals surface area contributed by atoms with Gasteiger partial charge >= 0.3 is 17.6 Å². The Bertz CT molecular complexity index is 567. The lowest BCUT2D eigenvalue weighted by atomic mass is 10.2. The van der Waals surface area contributed by atoms with Crippen molar-refractivity contribution >= 4 is 17.8 Å². The first-order valence-electron chi connectivity index (χ1n) is 5.54. The van der Waals surface area contributed by atoms with E-state index in [-0.39, 0.29) is 0 Å². The van der Waals surface area contributed by atoms with E-state index in [2.05, 4.69) is 15.0 Å². The number of esters is 1. The molecule has 1 atom stereocenters. The molecule has 1 aromatic heterocycles. The van der Waals surface area contributed by atoms with E-state index in [1.165, 1.54) is 18.5 Å². The van der Waals surface area contributed by atoms with Crippen LogP contribution in [0.3, 0.4) is 0 Å². The molecule has 0 aliphatic rings. The van der Waals surface area contributed by atoms with E-state index < -0.39 is 42.5 Å². The highest BCUT2D eigenvalue weighted by atomic mass is 16.5. The fourth-order valence-electron chi connectivity index (χ4n) is 1.35. The number of carboxylic acid groups (broad SMARTS) is 1. The van der Waals surface area contributed by atoms with Crippen molar-refractivity contribution in [2.45, 2.75) is 19.0 Å². The van der Waals surface area contributed by atoms with Crippen LogP contribution in [0.5, 0.6) is 0 Å². The van der Waals surface area contributed by atoms with Crippen LogP contribution in [0.25, 0.3) is 0 Å². The van der Waals surface area contributed by atoms with E-state index in [1.807, 2.05) is 0 Å². The van der Waals surface area contributed by atoms with Gasteiger partial charge in [0, 0.05) is 12.4 Å². The summed E-state index contributed by atoms with van der Waals surface area (Å²) in [6.45, 7) is -0.391. The topological polar surface area (TPSA) is 128 Å². The first-order chi connectivity index (χ1) is 9.43. The third kappa shape index (κ3) is 4.52. The standard InChI is InChI=1S/C11H13N3O6/c1-20-9(16)5-7(10(17)18)13-8(15)6-14-4-2-3-12-11(14)19/h2-4,7H,5-6H2,1H3,(H,13,15)(H,17,18)/t7-/m0/s1. The van der Waals surface area contributed by atoms with Crippen LogP contribution in [0.2, 0.25) is 0 Å². The smallest absolute Gasteiger partial charge is 0.347 e. The van der Waals surface area contributed by atoms with Gasteiger partial charge < -0.3 is 15.2 Å². The first kappa shape index (κ1) is 15.3. The van der Waals surface area contributed by atoms with Gasteiger partial charge in [0.05, 0.1) is 13.5 Å². The molecule has 1 heterocycles. The maximum atomic E-state index is 11.6. The number of ether oxygens (including phenoxy) is 1. The van der Waals surface area contributed by atoms with Crippen LogP contribution >= 0.6 is 0 Å². The van der Waals surface area contributed by atoms with Crippen LogP contribution in [-0.4, -0.2) is 45.7 Å². The summed E-state index contributed by atoms with van der Waals surface area (Å²) in [7, 11) is 1.11. The molecule has 0 aliphatic heterocycles. The number of hydrogen-bond acceptors (Lipinski definition) is 6. The number of methoxy groups -OCH3 is 1. The monoisotopic (exact) mass is 283 g/mol. The highest BCUT2D eigenvalue weighted by Gasteiger charge is 2.23. The summed E-state index contributed by atoms with van der Waals surface area (Å²) in [6, 6.07) is 0.0416. The second-order valence-electron chi connectivity index (χ2n) is 3.77. The number of hydrogen-bond donors (Lipinski definition) is 2. The van der Waals surface area contributed by atoms with Crippen molar-refractivity contribution in [3.05, 3.63) is 28.9 Å². The fourth-order valence-corrected chi connectivity index (χ4v) is 1.35. The Morgan fingerprint density at radius 3 is 2.75 bits per heavy atom. The molecule has 0 spiro atoms. The number of carbonyl (C=O) groups excluding carboxylic acids is 2. The number of carbonyl (C=O) groups is 3. The molecule has 0 unspecified atom stereocenters. The second-order valence-corrected chi connectivity index (χ2v) is 3.77. The lowest BCUT2D eigenvalue weighted by Gasteiger charge is -2.13.